The summed E-state index contributed by atoms with van der Waals surface area (Å²) in [5, 5.41) is 14.1. The van der Waals surface area contributed by atoms with Crippen molar-refractivity contribution in [2.24, 2.45) is 7.05 Å². The molecule has 17 nitrogen and oxygen atoms in total. The first-order valence-electron chi connectivity index (χ1n) is 22.4. The molecule has 3 aromatic heterocycles. The molecule has 2 aliphatic heterocycles. The number of hydrogen-bond acceptors (Lipinski definition) is 11. The van der Waals surface area contributed by atoms with Crippen LogP contribution in [0.5, 0.6) is 0 Å². The smallest absolute Gasteiger partial charge is 0.329 e. The van der Waals surface area contributed by atoms with Crippen molar-refractivity contribution in [2.45, 2.75) is 75.3 Å². The molecule has 8 rings (SSSR count). The van der Waals surface area contributed by atoms with Crippen LogP contribution in [0.2, 0.25) is 0 Å². The van der Waals surface area contributed by atoms with E-state index in [0.29, 0.717) is 34.5 Å². The van der Waals surface area contributed by atoms with Gasteiger partial charge in [-0.15, -0.1) is 11.3 Å². The van der Waals surface area contributed by atoms with Crippen molar-refractivity contribution in [1.82, 2.24) is 38.9 Å². The van der Waals surface area contributed by atoms with Gasteiger partial charge in [0.1, 0.15) is 6.04 Å². The molecule has 0 saturated carbocycles. The summed E-state index contributed by atoms with van der Waals surface area (Å²) in [6, 6.07) is 18.1. The lowest BCUT2D eigenvalue weighted by atomic mass is 10.1. The van der Waals surface area contributed by atoms with E-state index in [9.17, 15) is 32.4 Å². The van der Waals surface area contributed by atoms with Gasteiger partial charge in [-0.05, 0) is 112 Å². The molecule has 0 spiro atoms. The summed E-state index contributed by atoms with van der Waals surface area (Å²) < 4.78 is 35.0. The fourth-order valence-electron chi connectivity index (χ4n) is 8.81. The highest BCUT2D eigenvalue weighted by atomic mass is 32.2. The van der Waals surface area contributed by atoms with Gasteiger partial charge < -0.3 is 25.4 Å². The van der Waals surface area contributed by atoms with Crippen LogP contribution in [-0.4, -0.2) is 102 Å². The van der Waals surface area contributed by atoms with E-state index >= 15 is 0 Å². The Morgan fingerprint density at radius 3 is 2.55 bits per heavy atom. The molecule has 0 bridgehead atoms. The van der Waals surface area contributed by atoms with Crippen LogP contribution >= 0.6 is 11.3 Å². The van der Waals surface area contributed by atoms with Gasteiger partial charge in [0.15, 0.2) is 5.13 Å². The number of hydrogen-bond donors (Lipinski definition) is 4. The normalized spacial score (nSPS) is 15.3. The number of aromatic nitrogens is 4. The molecule has 4 N–H and O–H groups in total. The van der Waals surface area contributed by atoms with Crippen molar-refractivity contribution >= 4 is 77.7 Å². The number of nitrogens with zero attached hydrogens (tertiary/aromatic N) is 6. The highest BCUT2D eigenvalue weighted by Gasteiger charge is 2.32. The van der Waals surface area contributed by atoms with Gasteiger partial charge in [0.2, 0.25) is 27.7 Å². The predicted octanol–water partition coefficient (Wildman–Crippen LogP) is 4.79. The second-order valence-corrected chi connectivity index (χ2v) is 20.1. The number of fused-ring (bicyclic) bond motifs is 4. The van der Waals surface area contributed by atoms with Gasteiger partial charge >= 0.3 is 5.69 Å². The van der Waals surface area contributed by atoms with Gasteiger partial charge in [-0.3, -0.25) is 33.6 Å². The van der Waals surface area contributed by atoms with Crippen LogP contribution in [0.4, 0.5) is 10.8 Å². The number of amides is 4. The maximum atomic E-state index is 14.3. The van der Waals surface area contributed by atoms with E-state index in [-0.39, 0.29) is 48.0 Å². The molecule has 1 fully saturated rings. The summed E-state index contributed by atoms with van der Waals surface area (Å²) in [7, 11) is 3.16. The van der Waals surface area contributed by atoms with Crippen LogP contribution in [0.3, 0.4) is 0 Å². The number of imide groups is 1. The molecular weight excluding hydrogens is 881 g/mol. The zero-order valence-electron chi connectivity index (χ0n) is 37.7. The number of benzene rings is 3. The summed E-state index contributed by atoms with van der Waals surface area (Å²) in [6.07, 6.45) is 6.20. The van der Waals surface area contributed by atoms with Crippen molar-refractivity contribution in [3.8, 4) is 11.3 Å². The first kappa shape index (κ1) is 46.4. The van der Waals surface area contributed by atoms with Crippen molar-refractivity contribution < 1.29 is 27.6 Å². The molecule has 5 heterocycles. The van der Waals surface area contributed by atoms with Crippen molar-refractivity contribution in [1.29, 1.82) is 0 Å². The zero-order valence-corrected chi connectivity index (χ0v) is 39.3. The summed E-state index contributed by atoms with van der Waals surface area (Å²) in [4.78, 5) is 70.6. The maximum Gasteiger partial charge on any atom is 0.329 e. The number of carbonyl (C=O) groups is 4. The van der Waals surface area contributed by atoms with Crippen LogP contribution in [0, 0.1) is 0 Å². The first-order valence-corrected chi connectivity index (χ1v) is 24.7. The van der Waals surface area contributed by atoms with Gasteiger partial charge in [-0.2, -0.15) is 0 Å². The number of piperidine rings is 1. The molecule has 6 aromatic rings. The number of rotatable bonds is 18. The Labute approximate surface area is 387 Å². The minimum Gasteiger partial charge on any atom is -0.378 e. The molecular formula is C47H56N10O7S2. The number of imidazole rings is 1. The maximum absolute atomic E-state index is 14.3. The molecule has 0 aliphatic carbocycles. The minimum atomic E-state index is -4.01. The Kier molecular flexibility index (Phi) is 13.9. The largest absolute Gasteiger partial charge is 0.378 e. The Morgan fingerprint density at radius 1 is 0.924 bits per heavy atom. The van der Waals surface area contributed by atoms with Crippen molar-refractivity contribution in [3.05, 3.63) is 93.3 Å². The number of thiazole rings is 1. The second kappa shape index (κ2) is 19.8. The lowest BCUT2D eigenvalue weighted by molar-refractivity contribution is -0.135. The molecule has 1 unspecified atom stereocenters. The SMILES string of the molecule is CN(C)c1cccc(-c2csc(NC(=O)CNC(=O)c3cc(S(=O)(=O)N(C)CCCCNCCCc4ccc5c(c4)n(C)c(=O)n5C4CCC(=O)NC4=O)c4cc5n(c4c3)CCCC5)n2)c1. The molecule has 3 aromatic carbocycles. The van der Waals surface area contributed by atoms with Crippen LogP contribution in [0.1, 0.15) is 72.6 Å². The lowest BCUT2D eigenvalue weighted by Crippen LogP contribution is -2.44. The van der Waals surface area contributed by atoms with Gasteiger partial charge in [0.05, 0.1) is 33.7 Å². The standard InChI is InChI=1S/C47H56N10O7S2/c1-53(2)33-14-9-12-31(24-33)36-29-65-46(50-36)52-43(59)28-49-44(60)32-25-39-35(27-34-13-5-7-22-56(34)39)41(26-32)66(63,64)54(3)21-8-6-19-48-20-10-11-30-15-16-37-40(23-30)55(4)47(62)57(37)38-17-18-42(58)51-45(38)61/h9,12,14-16,23-27,29,38,48H,5-8,10-11,13,17-22,28H2,1-4H3,(H,49,60)(H,50,52,59)(H,51,58,61). The third-order valence-corrected chi connectivity index (χ3v) is 15.1. The number of aryl methyl sites for hydroxylation is 4. The van der Waals surface area contributed by atoms with Crippen LogP contribution in [-0.2, 0) is 50.8 Å². The van der Waals surface area contributed by atoms with Crippen LogP contribution in [0.15, 0.2) is 75.7 Å². The van der Waals surface area contributed by atoms with Crippen molar-refractivity contribution in [2.75, 3.05) is 57.5 Å². The quantitative estimate of drug-likeness (QED) is 0.0686. The minimum absolute atomic E-state index is 0.0663. The van der Waals surface area contributed by atoms with E-state index in [4.69, 9.17) is 0 Å². The summed E-state index contributed by atoms with van der Waals surface area (Å²) >= 11 is 1.29. The predicted molar refractivity (Wildman–Crippen MR) is 257 cm³/mol. The Morgan fingerprint density at radius 2 is 1.74 bits per heavy atom. The number of sulfonamides is 1. The fraction of sp³-hybridized carbons (Fsp3) is 0.404. The summed E-state index contributed by atoms with van der Waals surface area (Å²) in [5.41, 5.74) is 6.68. The monoisotopic (exact) mass is 936 g/mol. The van der Waals surface area contributed by atoms with Gasteiger partial charge in [-0.25, -0.2) is 22.5 Å². The highest BCUT2D eigenvalue weighted by molar-refractivity contribution is 7.89. The Bertz CT molecular complexity index is 3000. The first-order chi connectivity index (χ1) is 31.7. The number of unbranched alkanes of at least 4 members (excludes halogenated alkanes) is 1. The lowest BCUT2D eigenvalue weighted by Gasteiger charge is -2.21. The van der Waals surface area contributed by atoms with Gasteiger partial charge in [0.25, 0.3) is 5.91 Å². The molecule has 1 atom stereocenters. The third kappa shape index (κ3) is 9.84. The molecule has 2 aliphatic rings. The van der Waals surface area contributed by atoms with Crippen LogP contribution < -0.4 is 31.9 Å². The topological polar surface area (TPSA) is 202 Å². The molecule has 66 heavy (non-hydrogen) atoms. The average molecular weight is 937 g/mol. The third-order valence-electron chi connectivity index (χ3n) is 12.5. The van der Waals surface area contributed by atoms with E-state index in [1.807, 2.05) is 72.9 Å². The number of nitrogens with one attached hydrogen (secondary N) is 4. The van der Waals surface area contributed by atoms with E-state index in [1.165, 1.54) is 30.8 Å². The van der Waals surface area contributed by atoms with Crippen LogP contribution in [0.25, 0.3) is 33.2 Å². The summed E-state index contributed by atoms with van der Waals surface area (Å²) in [5.74, 6) is -1.80. The molecule has 348 valence electrons. The Hall–Kier alpha value is -6.15. The van der Waals surface area contributed by atoms with E-state index < -0.39 is 33.8 Å². The fourth-order valence-corrected chi connectivity index (χ4v) is 11.0. The summed E-state index contributed by atoms with van der Waals surface area (Å²) in [6.45, 7) is 2.12. The number of carbonyl (C=O) groups excluding carboxylic acids is 4. The van der Waals surface area contributed by atoms with E-state index in [1.54, 1.807) is 20.2 Å². The van der Waals surface area contributed by atoms with Gasteiger partial charge in [0, 0.05) is 81.0 Å². The van der Waals surface area contributed by atoms with E-state index in [2.05, 4.69) is 30.8 Å². The number of anilines is 2. The molecule has 1 saturated heterocycles. The average Bonchev–Trinajstić information content (AvgIpc) is 4.00. The molecule has 0 radical (unpaired) electrons. The van der Waals surface area contributed by atoms with E-state index in [0.717, 1.165) is 85.3 Å². The van der Waals surface area contributed by atoms with Crippen molar-refractivity contribution in [3.63, 3.8) is 0 Å². The Balaban J connectivity index is 0.840. The van der Waals surface area contributed by atoms with Gasteiger partial charge in [-0.1, -0.05) is 18.2 Å². The second-order valence-electron chi connectivity index (χ2n) is 17.3. The highest BCUT2D eigenvalue weighted by Crippen LogP contribution is 2.33. The molecule has 19 heteroatoms. The molecule has 4 amide bonds. The zero-order chi connectivity index (χ0) is 46.7.